The molecule has 0 bridgehead atoms. The van der Waals surface area contributed by atoms with Crippen LogP contribution in [0.2, 0.25) is 0 Å². The lowest BCUT2D eigenvalue weighted by atomic mass is 9.89. The average Bonchev–Trinajstić information content (AvgIpc) is 3.15. The van der Waals surface area contributed by atoms with E-state index in [2.05, 4.69) is 15.0 Å². The molecular weight excluding hydrogens is 324 g/mol. The molecule has 0 radical (unpaired) electrons. The summed E-state index contributed by atoms with van der Waals surface area (Å²) in [5.74, 6) is 0.144. The summed E-state index contributed by atoms with van der Waals surface area (Å²) in [7, 11) is 0. The van der Waals surface area contributed by atoms with Gasteiger partial charge in [-0.3, -0.25) is 15.0 Å². The third kappa shape index (κ3) is 2.07. The highest BCUT2D eigenvalue weighted by Gasteiger charge is 2.31. The fraction of sp³-hybridized carbons (Fsp3) is 0.353. The fourth-order valence-corrected chi connectivity index (χ4v) is 3.72. The highest BCUT2D eigenvalue weighted by Crippen LogP contribution is 2.39. The molecule has 0 atom stereocenters. The number of anilines is 1. The predicted molar refractivity (Wildman–Crippen MR) is 89.3 cm³/mol. The quantitative estimate of drug-likeness (QED) is 0.742. The van der Waals surface area contributed by atoms with Gasteiger partial charge in [0.1, 0.15) is 0 Å². The smallest absolute Gasteiger partial charge is 0.329 e. The van der Waals surface area contributed by atoms with E-state index >= 15 is 0 Å². The first-order chi connectivity index (χ1) is 12.1. The number of amides is 3. The molecule has 2 aromatic heterocycles. The SMILES string of the molecule is O=C1CCN(c2noc3ccc4c(ccn4C4CC(O)C4)c23)C(=O)N1. The molecule has 0 spiro atoms. The zero-order valence-corrected chi connectivity index (χ0v) is 13.3. The minimum atomic E-state index is -0.481. The predicted octanol–water partition coefficient (Wildman–Crippen LogP) is 1.92. The van der Waals surface area contributed by atoms with Crippen molar-refractivity contribution in [2.24, 2.45) is 0 Å². The Bertz CT molecular complexity index is 1010. The van der Waals surface area contributed by atoms with Crippen LogP contribution >= 0.6 is 0 Å². The van der Waals surface area contributed by atoms with E-state index in [4.69, 9.17) is 4.52 Å². The fourth-order valence-electron chi connectivity index (χ4n) is 3.72. The Balaban J connectivity index is 1.64. The highest BCUT2D eigenvalue weighted by molar-refractivity contribution is 6.15. The molecule has 3 amide bonds. The second-order valence-corrected chi connectivity index (χ2v) is 6.63. The van der Waals surface area contributed by atoms with Crippen molar-refractivity contribution in [1.29, 1.82) is 0 Å². The van der Waals surface area contributed by atoms with Crippen LogP contribution in [0, 0.1) is 0 Å². The van der Waals surface area contributed by atoms with E-state index in [9.17, 15) is 14.7 Å². The number of aliphatic hydroxyl groups excluding tert-OH is 1. The van der Waals surface area contributed by atoms with E-state index in [1.807, 2.05) is 24.4 Å². The molecule has 3 aromatic rings. The van der Waals surface area contributed by atoms with Crippen LogP contribution in [0.25, 0.3) is 21.9 Å². The number of carbonyl (C=O) groups excluding carboxylic acids is 2. The summed E-state index contributed by atoms with van der Waals surface area (Å²) in [6, 6.07) is 5.59. The number of aromatic nitrogens is 2. The average molecular weight is 340 g/mol. The summed E-state index contributed by atoms with van der Waals surface area (Å²) < 4.78 is 7.56. The summed E-state index contributed by atoms with van der Waals surface area (Å²) >= 11 is 0. The Kier molecular flexibility index (Phi) is 2.93. The Labute approximate surface area is 142 Å². The van der Waals surface area contributed by atoms with Gasteiger partial charge in [-0.1, -0.05) is 5.16 Å². The molecule has 2 aliphatic rings. The van der Waals surface area contributed by atoms with E-state index < -0.39 is 6.03 Å². The second-order valence-electron chi connectivity index (χ2n) is 6.63. The van der Waals surface area contributed by atoms with Gasteiger partial charge in [-0.15, -0.1) is 0 Å². The lowest BCUT2D eigenvalue weighted by Crippen LogP contribution is -2.49. The number of nitrogens with zero attached hydrogens (tertiary/aromatic N) is 3. The number of hydrogen-bond acceptors (Lipinski definition) is 5. The van der Waals surface area contributed by atoms with E-state index in [1.165, 1.54) is 4.90 Å². The second kappa shape index (κ2) is 5.06. The molecule has 2 N–H and O–H groups in total. The maximum Gasteiger partial charge on any atom is 0.329 e. The number of urea groups is 1. The Morgan fingerprint density at radius 1 is 1.24 bits per heavy atom. The van der Waals surface area contributed by atoms with Crippen LogP contribution in [0.15, 0.2) is 28.9 Å². The molecule has 2 fully saturated rings. The molecule has 1 saturated carbocycles. The van der Waals surface area contributed by atoms with E-state index in [-0.39, 0.29) is 31.0 Å². The monoisotopic (exact) mass is 340 g/mol. The van der Waals surface area contributed by atoms with Gasteiger partial charge in [-0.25, -0.2) is 4.79 Å². The maximum atomic E-state index is 12.2. The first-order valence-electron chi connectivity index (χ1n) is 8.30. The molecular formula is C17H16N4O4. The van der Waals surface area contributed by atoms with Crippen LogP contribution in [-0.2, 0) is 4.79 Å². The number of benzene rings is 1. The summed E-state index contributed by atoms with van der Waals surface area (Å²) in [6.07, 6.45) is 3.49. The number of fused-ring (bicyclic) bond motifs is 3. The molecule has 1 aliphatic carbocycles. The lowest BCUT2D eigenvalue weighted by molar-refractivity contribution is -0.120. The van der Waals surface area contributed by atoms with Gasteiger partial charge < -0.3 is 14.2 Å². The van der Waals surface area contributed by atoms with Gasteiger partial charge in [0.25, 0.3) is 0 Å². The Hall–Kier alpha value is -2.87. The molecule has 8 heteroatoms. The Morgan fingerprint density at radius 2 is 2.08 bits per heavy atom. The number of hydrogen-bond donors (Lipinski definition) is 2. The van der Waals surface area contributed by atoms with Gasteiger partial charge >= 0.3 is 6.03 Å². The van der Waals surface area contributed by atoms with Gasteiger partial charge in [0.15, 0.2) is 11.4 Å². The lowest BCUT2D eigenvalue weighted by Gasteiger charge is -2.33. The molecule has 128 valence electrons. The molecule has 3 heterocycles. The topological polar surface area (TPSA) is 101 Å². The Morgan fingerprint density at radius 3 is 2.84 bits per heavy atom. The molecule has 1 aliphatic heterocycles. The van der Waals surface area contributed by atoms with Crippen molar-refractivity contribution in [3.8, 4) is 0 Å². The van der Waals surface area contributed by atoms with Crippen LogP contribution in [0.1, 0.15) is 25.3 Å². The minimum Gasteiger partial charge on any atom is -0.393 e. The van der Waals surface area contributed by atoms with Crippen molar-refractivity contribution >= 4 is 39.6 Å². The first-order valence-corrected chi connectivity index (χ1v) is 8.30. The summed E-state index contributed by atoms with van der Waals surface area (Å²) in [5.41, 5.74) is 1.61. The molecule has 8 nitrogen and oxygen atoms in total. The zero-order valence-electron chi connectivity index (χ0n) is 13.3. The molecule has 5 rings (SSSR count). The van der Waals surface area contributed by atoms with Crippen molar-refractivity contribution in [2.75, 3.05) is 11.4 Å². The van der Waals surface area contributed by atoms with E-state index in [0.29, 0.717) is 11.4 Å². The number of aliphatic hydroxyl groups is 1. The van der Waals surface area contributed by atoms with Crippen LogP contribution < -0.4 is 10.2 Å². The van der Waals surface area contributed by atoms with Crippen LogP contribution in [0.5, 0.6) is 0 Å². The van der Waals surface area contributed by atoms with Gasteiger partial charge in [-0.2, -0.15) is 0 Å². The minimum absolute atomic E-state index is 0.230. The van der Waals surface area contributed by atoms with E-state index in [1.54, 1.807) is 0 Å². The molecule has 1 aromatic carbocycles. The van der Waals surface area contributed by atoms with Crippen LogP contribution in [0.4, 0.5) is 10.6 Å². The van der Waals surface area contributed by atoms with Crippen LogP contribution in [0.3, 0.4) is 0 Å². The molecule has 25 heavy (non-hydrogen) atoms. The maximum absolute atomic E-state index is 12.2. The van der Waals surface area contributed by atoms with Gasteiger partial charge in [0.05, 0.1) is 11.5 Å². The van der Waals surface area contributed by atoms with Crippen molar-refractivity contribution in [3.63, 3.8) is 0 Å². The number of rotatable bonds is 2. The number of nitrogens with one attached hydrogen (secondary N) is 1. The summed E-state index contributed by atoms with van der Waals surface area (Å²) in [4.78, 5) is 25.0. The third-order valence-corrected chi connectivity index (χ3v) is 5.11. The first kappa shape index (κ1) is 14.5. The van der Waals surface area contributed by atoms with E-state index in [0.717, 1.165) is 29.1 Å². The van der Waals surface area contributed by atoms with Gasteiger partial charge in [0.2, 0.25) is 5.91 Å². The van der Waals surface area contributed by atoms with Gasteiger partial charge in [0, 0.05) is 36.1 Å². The zero-order chi connectivity index (χ0) is 17.1. The number of imide groups is 1. The third-order valence-electron chi connectivity index (χ3n) is 5.11. The van der Waals surface area contributed by atoms with Crippen molar-refractivity contribution < 1.29 is 19.2 Å². The standard InChI is InChI=1S/C17H16N4O4/c22-10-7-9(8-10)20-5-3-11-12(20)1-2-13-15(11)16(19-25-13)21-6-4-14(23)18-17(21)24/h1-3,5,9-10,22H,4,6-8H2,(H,18,23,24). The van der Waals surface area contributed by atoms with Crippen molar-refractivity contribution in [3.05, 3.63) is 24.4 Å². The number of carbonyl (C=O) groups is 2. The van der Waals surface area contributed by atoms with Crippen molar-refractivity contribution in [2.45, 2.75) is 31.4 Å². The molecule has 0 unspecified atom stereocenters. The largest absolute Gasteiger partial charge is 0.393 e. The molecule has 1 saturated heterocycles. The summed E-state index contributed by atoms with van der Waals surface area (Å²) in [5, 5.41) is 17.7. The normalized spacial score (nSPS) is 24.0. The summed E-state index contributed by atoms with van der Waals surface area (Å²) in [6.45, 7) is 0.276. The highest BCUT2D eigenvalue weighted by atomic mass is 16.5. The van der Waals surface area contributed by atoms with Crippen molar-refractivity contribution in [1.82, 2.24) is 15.0 Å². The van der Waals surface area contributed by atoms with Crippen LogP contribution in [-0.4, -0.2) is 39.4 Å². The van der Waals surface area contributed by atoms with Gasteiger partial charge in [-0.05, 0) is 31.0 Å².